The summed E-state index contributed by atoms with van der Waals surface area (Å²) < 4.78 is 0. The molecule has 9 heteroatoms. The summed E-state index contributed by atoms with van der Waals surface area (Å²) in [6.45, 7) is 0. The molecule has 1 aliphatic heterocycles. The highest BCUT2D eigenvalue weighted by Gasteiger charge is 2.37. The van der Waals surface area contributed by atoms with E-state index in [1.54, 1.807) is 7.05 Å². The molecule has 0 saturated carbocycles. The van der Waals surface area contributed by atoms with E-state index < -0.39 is 22.8 Å². The third-order valence-corrected chi connectivity index (χ3v) is 3.44. The van der Waals surface area contributed by atoms with Crippen LogP contribution >= 0.6 is 0 Å². The Hall–Kier alpha value is -3.23. The van der Waals surface area contributed by atoms with Crippen LogP contribution in [-0.4, -0.2) is 53.7 Å². The zero-order valence-electron chi connectivity index (χ0n) is 12.7. The fourth-order valence-electron chi connectivity index (χ4n) is 2.14. The van der Waals surface area contributed by atoms with Crippen LogP contribution in [-0.2, 0) is 9.59 Å². The second kappa shape index (κ2) is 5.87. The van der Waals surface area contributed by atoms with Crippen LogP contribution in [0.5, 0.6) is 0 Å². The molecule has 0 bridgehead atoms. The molecule has 1 fully saturated rings. The normalized spacial score (nSPS) is 15.1. The van der Waals surface area contributed by atoms with Crippen molar-refractivity contribution in [3.63, 3.8) is 0 Å². The second-order valence-corrected chi connectivity index (χ2v) is 4.85. The molecular weight excluding hydrogens is 304 g/mol. The molecular formula is C14H14N4O5. The van der Waals surface area contributed by atoms with Crippen LogP contribution in [0.2, 0.25) is 0 Å². The van der Waals surface area contributed by atoms with Crippen LogP contribution in [0.1, 0.15) is 5.56 Å². The van der Waals surface area contributed by atoms with Crippen molar-refractivity contribution in [3.05, 3.63) is 39.4 Å². The van der Waals surface area contributed by atoms with Gasteiger partial charge in [0.15, 0.2) is 0 Å². The SMILES string of the molecule is CNc1ccc(C=C2C(=O)N(C)C(=O)N(C)C2=O)cc1[N+](=O)[O-]. The summed E-state index contributed by atoms with van der Waals surface area (Å²) in [5.41, 5.74) is 0.197. The number of benzene rings is 1. The third-order valence-electron chi connectivity index (χ3n) is 3.44. The number of barbiturate groups is 1. The van der Waals surface area contributed by atoms with Gasteiger partial charge in [-0.2, -0.15) is 0 Å². The molecule has 1 aromatic rings. The summed E-state index contributed by atoms with van der Waals surface area (Å²) in [4.78, 5) is 47.9. The van der Waals surface area contributed by atoms with Crippen molar-refractivity contribution in [2.45, 2.75) is 0 Å². The van der Waals surface area contributed by atoms with Gasteiger partial charge in [-0.15, -0.1) is 0 Å². The molecule has 120 valence electrons. The van der Waals surface area contributed by atoms with E-state index in [4.69, 9.17) is 0 Å². The molecule has 1 heterocycles. The van der Waals surface area contributed by atoms with Gasteiger partial charge < -0.3 is 5.32 Å². The predicted molar refractivity (Wildman–Crippen MR) is 81.6 cm³/mol. The van der Waals surface area contributed by atoms with Gasteiger partial charge in [-0.3, -0.25) is 29.5 Å². The molecule has 23 heavy (non-hydrogen) atoms. The average molecular weight is 318 g/mol. The molecule has 0 unspecified atom stereocenters. The molecule has 1 saturated heterocycles. The van der Waals surface area contributed by atoms with Crippen molar-refractivity contribution >= 4 is 35.3 Å². The van der Waals surface area contributed by atoms with Crippen LogP contribution in [0.4, 0.5) is 16.2 Å². The van der Waals surface area contributed by atoms with E-state index in [-0.39, 0.29) is 11.3 Å². The Morgan fingerprint density at radius 2 is 1.70 bits per heavy atom. The molecule has 0 radical (unpaired) electrons. The van der Waals surface area contributed by atoms with Crippen LogP contribution < -0.4 is 5.32 Å². The van der Waals surface area contributed by atoms with Crippen LogP contribution in [0, 0.1) is 10.1 Å². The Kier molecular flexibility index (Phi) is 4.12. The van der Waals surface area contributed by atoms with E-state index >= 15 is 0 Å². The Labute approximate surface area is 131 Å². The van der Waals surface area contributed by atoms with Gasteiger partial charge in [0.2, 0.25) is 0 Å². The smallest absolute Gasteiger partial charge is 0.333 e. The first-order valence-electron chi connectivity index (χ1n) is 6.56. The van der Waals surface area contributed by atoms with E-state index in [9.17, 15) is 24.5 Å². The summed E-state index contributed by atoms with van der Waals surface area (Å²) in [6.07, 6.45) is 1.23. The minimum atomic E-state index is -0.751. The zero-order chi connectivity index (χ0) is 17.3. The first-order chi connectivity index (χ1) is 10.8. The lowest BCUT2D eigenvalue weighted by molar-refractivity contribution is -0.384. The predicted octanol–water partition coefficient (Wildman–Crippen LogP) is 1.07. The Morgan fingerprint density at radius 1 is 1.13 bits per heavy atom. The van der Waals surface area contributed by atoms with Gasteiger partial charge >= 0.3 is 6.03 Å². The van der Waals surface area contributed by atoms with Crippen molar-refractivity contribution < 1.29 is 19.3 Å². The van der Waals surface area contributed by atoms with Crippen molar-refractivity contribution in [1.82, 2.24) is 9.80 Å². The van der Waals surface area contributed by atoms with E-state index in [2.05, 4.69) is 5.32 Å². The number of hydrogen-bond donors (Lipinski definition) is 1. The Morgan fingerprint density at radius 3 is 2.17 bits per heavy atom. The highest BCUT2D eigenvalue weighted by molar-refractivity contribution is 6.30. The zero-order valence-corrected chi connectivity index (χ0v) is 12.7. The largest absolute Gasteiger partial charge is 0.383 e. The number of nitrogens with one attached hydrogen (secondary N) is 1. The highest BCUT2D eigenvalue weighted by atomic mass is 16.6. The summed E-state index contributed by atoms with van der Waals surface area (Å²) in [6, 6.07) is 3.52. The standard InChI is InChI=1S/C14H14N4O5/c1-15-10-5-4-8(7-11(10)18(22)23)6-9-12(19)16(2)14(21)17(3)13(9)20/h4-7,15H,1-3H3. The number of urea groups is 1. The van der Waals surface area contributed by atoms with Crippen molar-refractivity contribution in [2.75, 3.05) is 26.5 Å². The molecule has 0 atom stereocenters. The van der Waals surface area contributed by atoms with Crippen molar-refractivity contribution in [1.29, 1.82) is 0 Å². The molecule has 9 nitrogen and oxygen atoms in total. The second-order valence-electron chi connectivity index (χ2n) is 4.85. The number of carbonyl (C=O) groups is 3. The van der Waals surface area contributed by atoms with Gasteiger partial charge in [-0.1, -0.05) is 6.07 Å². The highest BCUT2D eigenvalue weighted by Crippen LogP contribution is 2.27. The molecule has 1 aromatic carbocycles. The van der Waals surface area contributed by atoms with E-state index in [0.29, 0.717) is 11.3 Å². The van der Waals surface area contributed by atoms with Gasteiger partial charge in [-0.25, -0.2) is 4.79 Å². The topological polar surface area (TPSA) is 113 Å². The van der Waals surface area contributed by atoms with E-state index in [1.807, 2.05) is 0 Å². The molecule has 4 amide bonds. The molecule has 1 N–H and O–H groups in total. The number of rotatable bonds is 3. The fourth-order valence-corrected chi connectivity index (χ4v) is 2.14. The summed E-state index contributed by atoms with van der Waals surface area (Å²) in [5, 5.41) is 13.7. The average Bonchev–Trinajstić information content (AvgIpc) is 2.54. The van der Waals surface area contributed by atoms with Gasteiger partial charge in [0.25, 0.3) is 17.5 Å². The maximum Gasteiger partial charge on any atom is 0.333 e. The number of anilines is 1. The Bertz CT molecular complexity index is 730. The molecule has 0 spiro atoms. The van der Waals surface area contributed by atoms with E-state index in [1.165, 1.54) is 38.4 Å². The number of nitrogens with zero attached hydrogens (tertiary/aromatic N) is 3. The number of amides is 4. The van der Waals surface area contributed by atoms with Crippen molar-refractivity contribution in [2.24, 2.45) is 0 Å². The monoisotopic (exact) mass is 318 g/mol. The van der Waals surface area contributed by atoms with Crippen molar-refractivity contribution in [3.8, 4) is 0 Å². The first-order valence-corrected chi connectivity index (χ1v) is 6.56. The number of nitro groups is 1. The molecule has 0 aromatic heterocycles. The van der Waals surface area contributed by atoms with Gasteiger partial charge in [0.05, 0.1) is 4.92 Å². The van der Waals surface area contributed by atoms with E-state index in [0.717, 1.165) is 9.80 Å². The van der Waals surface area contributed by atoms with Gasteiger partial charge in [0.1, 0.15) is 11.3 Å². The lowest BCUT2D eigenvalue weighted by Crippen LogP contribution is -2.52. The van der Waals surface area contributed by atoms with Gasteiger partial charge in [-0.05, 0) is 17.7 Å². The van der Waals surface area contributed by atoms with Crippen LogP contribution in [0.3, 0.4) is 0 Å². The quantitative estimate of drug-likeness (QED) is 0.386. The molecule has 0 aliphatic carbocycles. The number of hydrogen-bond acceptors (Lipinski definition) is 6. The fraction of sp³-hybridized carbons (Fsp3) is 0.214. The Balaban J connectivity index is 2.50. The van der Waals surface area contributed by atoms with Crippen LogP contribution in [0.15, 0.2) is 23.8 Å². The third kappa shape index (κ3) is 2.76. The number of nitro benzene ring substituents is 1. The number of carbonyl (C=O) groups excluding carboxylic acids is 3. The van der Waals surface area contributed by atoms with Crippen LogP contribution in [0.25, 0.3) is 6.08 Å². The number of imide groups is 2. The first kappa shape index (κ1) is 16.1. The maximum absolute atomic E-state index is 12.1. The minimum Gasteiger partial charge on any atom is -0.383 e. The summed E-state index contributed by atoms with van der Waals surface area (Å²) in [5.74, 6) is -1.50. The van der Waals surface area contributed by atoms with Gasteiger partial charge in [0, 0.05) is 27.2 Å². The lowest BCUT2D eigenvalue weighted by atomic mass is 10.1. The summed E-state index contributed by atoms with van der Waals surface area (Å²) in [7, 11) is 4.06. The summed E-state index contributed by atoms with van der Waals surface area (Å²) >= 11 is 0. The lowest BCUT2D eigenvalue weighted by Gasteiger charge is -2.28. The molecule has 2 rings (SSSR count). The maximum atomic E-state index is 12.1. The minimum absolute atomic E-state index is 0.185. The molecule has 1 aliphatic rings. The number of likely N-dealkylation sites (N-methyl/N-ethyl adjacent to an activating group) is 2.